The molecule has 1 aromatic rings. The minimum Gasteiger partial charge on any atom is -0.493 e. The first kappa shape index (κ1) is 23.5. The molecule has 2 fully saturated rings. The monoisotopic (exact) mass is 446 g/mol. The molecule has 0 bridgehead atoms. The third-order valence-electron chi connectivity index (χ3n) is 5.58. The summed E-state index contributed by atoms with van der Waals surface area (Å²) < 4.78 is 16.7. The fourth-order valence-electron chi connectivity index (χ4n) is 3.63. The lowest BCUT2D eigenvalue weighted by Crippen LogP contribution is -2.49. The number of nitrogens with zero attached hydrogens (tertiary/aromatic N) is 3. The van der Waals surface area contributed by atoms with Crippen LogP contribution in [0, 0.1) is 0 Å². The number of nitrogens with one attached hydrogen (secondary N) is 1. The number of ether oxygens (including phenoxy) is 3. The Labute approximate surface area is 187 Å². The minimum atomic E-state index is -0.952. The number of carbonyl (C=O) groups excluding carboxylic acids is 3. The zero-order valence-corrected chi connectivity index (χ0v) is 19.1. The molecule has 0 spiro atoms. The molecule has 2 heterocycles. The van der Waals surface area contributed by atoms with Crippen LogP contribution in [0.3, 0.4) is 0 Å². The molecule has 2 aliphatic heterocycles. The molecule has 0 radical (unpaired) electrons. The maximum Gasteiger partial charge on any atom is 0.346 e. The number of imide groups is 1. The summed E-state index contributed by atoms with van der Waals surface area (Å²) >= 11 is 0. The second-order valence-corrected chi connectivity index (χ2v) is 8.23. The average Bonchev–Trinajstić information content (AvgIpc) is 2.98. The Morgan fingerprint density at radius 2 is 1.97 bits per heavy atom. The lowest BCUT2D eigenvalue weighted by molar-refractivity contribution is -0.145. The maximum absolute atomic E-state index is 12.5. The number of benzene rings is 1. The van der Waals surface area contributed by atoms with E-state index in [1.54, 1.807) is 30.0 Å². The summed E-state index contributed by atoms with van der Waals surface area (Å²) in [6, 6.07) is 4.44. The Hall–Kier alpha value is -3.14. The van der Waals surface area contributed by atoms with Crippen LogP contribution in [-0.4, -0.2) is 78.5 Å². The maximum atomic E-state index is 12.5. The molecule has 3 atom stereocenters. The van der Waals surface area contributed by atoms with Crippen molar-refractivity contribution in [2.24, 2.45) is 5.10 Å². The van der Waals surface area contributed by atoms with E-state index < -0.39 is 17.5 Å². The molecule has 0 aliphatic carbocycles. The molecule has 1 aromatic carbocycles. The van der Waals surface area contributed by atoms with Gasteiger partial charge in [-0.05, 0) is 51.0 Å². The molecule has 32 heavy (non-hydrogen) atoms. The number of amides is 4. The third kappa shape index (κ3) is 5.01. The van der Waals surface area contributed by atoms with Crippen molar-refractivity contribution in [1.29, 1.82) is 0 Å². The number of rotatable bonds is 7. The molecule has 1 N–H and O–H groups in total. The summed E-state index contributed by atoms with van der Waals surface area (Å²) in [5.74, 6) is 0.276. The van der Waals surface area contributed by atoms with Gasteiger partial charge in [0.15, 0.2) is 18.1 Å². The van der Waals surface area contributed by atoms with Crippen LogP contribution in [0.25, 0.3) is 0 Å². The van der Waals surface area contributed by atoms with E-state index in [9.17, 15) is 14.4 Å². The second-order valence-electron chi connectivity index (χ2n) is 8.23. The van der Waals surface area contributed by atoms with Gasteiger partial charge in [-0.3, -0.25) is 9.59 Å². The van der Waals surface area contributed by atoms with Gasteiger partial charge in [0.25, 0.3) is 11.8 Å². The van der Waals surface area contributed by atoms with Crippen molar-refractivity contribution in [3.63, 3.8) is 0 Å². The number of urea groups is 1. The molecule has 2 aliphatic rings. The Balaban J connectivity index is 1.65. The van der Waals surface area contributed by atoms with Gasteiger partial charge in [-0.25, -0.2) is 4.79 Å². The molecule has 0 aromatic heterocycles. The quantitative estimate of drug-likeness (QED) is 0.505. The number of hydrazone groups is 1. The van der Waals surface area contributed by atoms with Crippen molar-refractivity contribution in [1.82, 2.24) is 15.2 Å². The van der Waals surface area contributed by atoms with Gasteiger partial charge in [-0.2, -0.15) is 5.10 Å². The molecule has 10 nitrogen and oxygen atoms in total. The topological polar surface area (TPSA) is 110 Å². The van der Waals surface area contributed by atoms with Crippen molar-refractivity contribution in [3.05, 3.63) is 23.8 Å². The molecule has 3 unspecified atom stereocenters. The second kappa shape index (κ2) is 9.56. The van der Waals surface area contributed by atoms with Gasteiger partial charge in [0.1, 0.15) is 5.54 Å². The smallest absolute Gasteiger partial charge is 0.346 e. The molecule has 174 valence electrons. The Morgan fingerprint density at radius 3 is 2.56 bits per heavy atom. The van der Waals surface area contributed by atoms with E-state index in [4.69, 9.17) is 14.2 Å². The molecule has 4 amide bonds. The standard InChI is InChI=1S/C22H30N4O6/c1-6-22(4)20(28)26(21(29)24-22)23-10-16-7-8-17(18(9-16)30-5)31-13-19(27)25-11-14(2)32-15(3)12-25/h7-10,14-15H,6,11-13H2,1-5H3,(H,24,29). The third-order valence-corrected chi connectivity index (χ3v) is 5.58. The number of methoxy groups -OCH3 is 1. The number of hydrogen-bond acceptors (Lipinski definition) is 7. The van der Waals surface area contributed by atoms with E-state index in [0.29, 0.717) is 36.6 Å². The van der Waals surface area contributed by atoms with Crippen molar-refractivity contribution in [2.75, 3.05) is 26.8 Å². The molecule has 2 saturated heterocycles. The summed E-state index contributed by atoms with van der Waals surface area (Å²) in [6.07, 6.45) is 1.82. The van der Waals surface area contributed by atoms with Gasteiger partial charge in [-0.15, -0.1) is 5.01 Å². The van der Waals surface area contributed by atoms with E-state index in [-0.39, 0.29) is 24.7 Å². The largest absolute Gasteiger partial charge is 0.493 e. The predicted molar refractivity (Wildman–Crippen MR) is 117 cm³/mol. The van der Waals surface area contributed by atoms with E-state index in [1.807, 2.05) is 20.8 Å². The SMILES string of the molecule is CCC1(C)NC(=O)N(N=Cc2ccc(OCC(=O)N3CC(C)OC(C)C3)c(OC)c2)C1=O. The van der Waals surface area contributed by atoms with E-state index in [0.717, 1.165) is 5.01 Å². The molecular formula is C22H30N4O6. The van der Waals surface area contributed by atoms with Crippen LogP contribution in [0.5, 0.6) is 11.5 Å². The van der Waals surface area contributed by atoms with E-state index in [2.05, 4.69) is 10.4 Å². The summed E-state index contributed by atoms with van der Waals surface area (Å²) in [7, 11) is 1.49. The predicted octanol–water partition coefficient (Wildman–Crippen LogP) is 1.76. The van der Waals surface area contributed by atoms with Crippen LogP contribution in [0.15, 0.2) is 23.3 Å². The van der Waals surface area contributed by atoms with Crippen molar-refractivity contribution in [3.8, 4) is 11.5 Å². The molecule has 0 saturated carbocycles. The van der Waals surface area contributed by atoms with Crippen molar-refractivity contribution >= 4 is 24.1 Å². The first-order valence-corrected chi connectivity index (χ1v) is 10.6. The zero-order chi connectivity index (χ0) is 23.5. The van der Waals surface area contributed by atoms with Crippen LogP contribution >= 0.6 is 0 Å². The van der Waals surface area contributed by atoms with E-state index in [1.165, 1.54) is 13.3 Å². The number of morpholine rings is 1. The minimum absolute atomic E-state index is 0.0180. The van der Waals surface area contributed by atoms with Crippen LogP contribution < -0.4 is 14.8 Å². The van der Waals surface area contributed by atoms with Crippen LogP contribution in [0.2, 0.25) is 0 Å². The lowest BCUT2D eigenvalue weighted by atomic mass is 10.00. The highest BCUT2D eigenvalue weighted by Gasteiger charge is 2.46. The Kier molecular flexibility index (Phi) is 7.02. The van der Waals surface area contributed by atoms with Crippen LogP contribution in [0.1, 0.15) is 39.7 Å². The summed E-state index contributed by atoms with van der Waals surface area (Å²) in [6.45, 7) is 8.28. The van der Waals surface area contributed by atoms with E-state index >= 15 is 0 Å². The zero-order valence-electron chi connectivity index (χ0n) is 19.1. The molecule has 3 rings (SSSR count). The summed E-state index contributed by atoms with van der Waals surface area (Å²) in [5, 5.41) is 7.50. The fourth-order valence-corrected chi connectivity index (χ4v) is 3.63. The highest BCUT2D eigenvalue weighted by atomic mass is 16.5. The number of carbonyl (C=O) groups is 3. The van der Waals surface area contributed by atoms with Crippen molar-refractivity contribution in [2.45, 2.75) is 51.9 Å². The Morgan fingerprint density at radius 1 is 1.28 bits per heavy atom. The first-order valence-electron chi connectivity index (χ1n) is 10.6. The Bertz CT molecular complexity index is 910. The number of hydrogen-bond donors (Lipinski definition) is 1. The average molecular weight is 447 g/mol. The lowest BCUT2D eigenvalue weighted by Gasteiger charge is -2.35. The van der Waals surface area contributed by atoms with Crippen molar-refractivity contribution < 1.29 is 28.6 Å². The van der Waals surface area contributed by atoms with Gasteiger partial charge in [0.05, 0.1) is 25.5 Å². The summed E-state index contributed by atoms with van der Waals surface area (Å²) in [4.78, 5) is 38.8. The highest BCUT2D eigenvalue weighted by molar-refractivity contribution is 6.07. The van der Waals surface area contributed by atoms with Gasteiger partial charge < -0.3 is 24.4 Å². The van der Waals surface area contributed by atoms with Crippen LogP contribution in [0.4, 0.5) is 4.79 Å². The summed E-state index contributed by atoms with van der Waals surface area (Å²) in [5.41, 5.74) is -0.353. The van der Waals surface area contributed by atoms with Gasteiger partial charge in [-0.1, -0.05) is 6.92 Å². The normalized spacial score (nSPS) is 25.9. The fraction of sp³-hybridized carbons (Fsp3) is 0.545. The first-order chi connectivity index (χ1) is 15.2. The van der Waals surface area contributed by atoms with Gasteiger partial charge >= 0.3 is 6.03 Å². The highest BCUT2D eigenvalue weighted by Crippen LogP contribution is 2.28. The van der Waals surface area contributed by atoms with Crippen LogP contribution in [-0.2, 0) is 14.3 Å². The van der Waals surface area contributed by atoms with Gasteiger partial charge in [0.2, 0.25) is 0 Å². The van der Waals surface area contributed by atoms with Gasteiger partial charge in [0, 0.05) is 13.1 Å². The molecular weight excluding hydrogens is 416 g/mol. The molecule has 10 heteroatoms.